The van der Waals surface area contributed by atoms with Gasteiger partial charge in [-0.25, -0.2) is 0 Å². The molecule has 0 saturated carbocycles. The van der Waals surface area contributed by atoms with Crippen molar-refractivity contribution >= 4 is 39.4 Å². The Kier molecular flexibility index (Phi) is 6.09. The maximum absolute atomic E-state index is 12.1. The minimum Gasteiger partial charge on any atom is -0.497 e. The van der Waals surface area contributed by atoms with Crippen molar-refractivity contribution < 1.29 is 14.3 Å². The molecule has 24 heavy (non-hydrogen) atoms. The van der Waals surface area contributed by atoms with Crippen LogP contribution in [0.4, 0.5) is 5.69 Å². The van der Waals surface area contributed by atoms with E-state index in [0.717, 1.165) is 5.56 Å². The number of methoxy groups -OCH3 is 1. The molecule has 2 aromatic carbocycles. The number of benzene rings is 2. The second-order valence-electron chi connectivity index (χ2n) is 4.91. The van der Waals surface area contributed by atoms with Crippen molar-refractivity contribution in [1.82, 2.24) is 0 Å². The Morgan fingerprint density at radius 1 is 1.08 bits per heavy atom. The van der Waals surface area contributed by atoms with Crippen molar-refractivity contribution in [2.75, 3.05) is 12.4 Å². The molecule has 5 heteroatoms. The minimum absolute atomic E-state index is 0.0920. The maximum Gasteiger partial charge on any atom is 0.262 e. The third kappa shape index (κ3) is 4.93. The number of amides is 1. The van der Waals surface area contributed by atoms with Gasteiger partial charge in [0.2, 0.25) is 0 Å². The fraction of sp³-hybridized carbons (Fsp3) is 0.0526. The van der Waals surface area contributed by atoms with Crippen LogP contribution in [0.25, 0.3) is 6.08 Å². The van der Waals surface area contributed by atoms with Crippen LogP contribution in [0.5, 0.6) is 5.75 Å². The number of allylic oxidation sites excluding steroid dienone is 1. The highest BCUT2D eigenvalue weighted by Crippen LogP contribution is 2.15. The lowest BCUT2D eigenvalue weighted by molar-refractivity contribution is -0.112. The van der Waals surface area contributed by atoms with Gasteiger partial charge in [-0.1, -0.05) is 24.8 Å². The summed E-state index contributed by atoms with van der Waals surface area (Å²) < 4.78 is 5.32. The summed E-state index contributed by atoms with van der Waals surface area (Å²) in [5.41, 5.74) is 2.10. The van der Waals surface area contributed by atoms with E-state index in [4.69, 9.17) is 4.74 Å². The van der Waals surface area contributed by atoms with E-state index >= 15 is 0 Å². The highest BCUT2D eigenvalue weighted by atomic mass is 79.9. The van der Waals surface area contributed by atoms with Crippen molar-refractivity contribution in [2.24, 2.45) is 0 Å². The molecule has 0 aliphatic heterocycles. The van der Waals surface area contributed by atoms with E-state index in [1.807, 2.05) is 12.1 Å². The number of carbonyl (C=O) groups is 2. The first kappa shape index (κ1) is 17.7. The number of hydrogen-bond acceptors (Lipinski definition) is 3. The lowest BCUT2D eigenvalue weighted by Crippen LogP contribution is -2.10. The topological polar surface area (TPSA) is 55.4 Å². The SMILES string of the molecule is C=C(Br)C(=O)Nc1ccc(/C=C/C(=O)c2ccc(OC)cc2)cc1. The zero-order chi connectivity index (χ0) is 17.5. The van der Waals surface area contributed by atoms with E-state index in [1.54, 1.807) is 49.6 Å². The predicted octanol–water partition coefficient (Wildman–Crippen LogP) is 4.44. The molecule has 0 saturated heterocycles. The molecule has 2 rings (SSSR count). The molecule has 0 atom stereocenters. The maximum atomic E-state index is 12.1. The Bertz CT molecular complexity index is 777. The normalized spacial score (nSPS) is 10.4. The van der Waals surface area contributed by atoms with Crippen molar-refractivity contribution in [3.05, 3.63) is 76.8 Å². The minimum atomic E-state index is -0.298. The van der Waals surface area contributed by atoms with Gasteiger partial charge in [-0.3, -0.25) is 9.59 Å². The molecular weight excluding hydrogens is 370 g/mol. The van der Waals surface area contributed by atoms with Crippen LogP contribution in [0, 0.1) is 0 Å². The van der Waals surface area contributed by atoms with Gasteiger partial charge in [-0.2, -0.15) is 0 Å². The number of hydrogen-bond donors (Lipinski definition) is 1. The lowest BCUT2D eigenvalue weighted by atomic mass is 10.1. The van der Waals surface area contributed by atoms with Crippen LogP contribution in [0.2, 0.25) is 0 Å². The number of ether oxygens (including phenoxy) is 1. The molecule has 1 N–H and O–H groups in total. The first-order valence-corrected chi connectivity index (χ1v) is 7.91. The summed E-state index contributed by atoms with van der Waals surface area (Å²) in [5.74, 6) is 0.318. The highest BCUT2D eigenvalue weighted by molar-refractivity contribution is 9.12. The van der Waals surface area contributed by atoms with E-state index in [1.165, 1.54) is 6.08 Å². The van der Waals surface area contributed by atoms with Gasteiger partial charge in [-0.05, 0) is 64.0 Å². The number of nitrogens with one attached hydrogen (secondary N) is 1. The second-order valence-corrected chi connectivity index (χ2v) is 5.86. The summed E-state index contributed by atoms with van der Waals surface area (Å²) in [4.78, 5) is 23.6. The molecule has 2 aromatic rings. The Morgan fingerprint density at radius 3 is 2.25 bits per heavy atom. The summed E-state index contributed by atoms with van der Waals surface area (Å²) in [6.07, 6.45) is 3.23. The van der Waals surface area contributed by atoms with Crippen LogP contribution >= 0.6 is 15.9 Å². The molecule has 0 aliphatic carbocycles. The van der Waals surface area contributed by atoms with Crippen LogP contribution < -0.4 is 10.1 Å². The first-order valence-electron chi connectivity index (χ1n) is 7.12. The smallest absolute Gasteiger partial charge is 0.262 e. The van der Waals surface area contributed by atoms with E-state index in [-0.39, 0.29) is 16.2 Å². The molecule has 0 fully saturated rings. The Balaban J connectivity index is 2.01. The van der Waals surface area contributed by atoms with Gasteiger partial charge in [0.15, 0.2) is 5.78 Å². The summed E-state index contributed by atoms with van der Waals surface area (Å²) in [5, 5.41) is 2.68. The van der Waals surface area contributed by atoms with Crippen LogP contribution in [0.3, 0.4) is 0 Å². The van der Waals surface area contributed by atoms with Crippen molar-refractivity contribution in [3.63, 3.8) is 0 Å². The fourth-order valence-electron chi connectivity index (χ4n) is 1.90. The van der Waals surface area contributed by atoms with E-state index in [2.05, 4.69) is 27.8 Å². The standard InChI is InChI=1S/C19H16BrNO3/c1-13(20)19(23)21-16-8-3-14(4-9-16)5-12-18(22)15-6-10-17(24-2)11-7-15/h3-12H,1H2,2H3,(H,21,23)/b12-5+. The molecule has 122 valence electrons. The van der Waals surface area contributed by atoms with Crippen molar-refractivity contribution in [1.29, 1.82) is 0 Å². The molecule has 4 nitrogen and oxygen atoms in total. The zero-order valence-electron chi connectivity index (χ0n) is 13.1. The van der Waals surface area contributed by atoms with Gasteiger partial charge in [-0.15, -0.1) is 0 Å². The van der Waals surface area contributed by atoms with E-state index in [0.29, 0.717) is 17.0 Å². The van der Waals surface area contributed by atoms with Gasteiger partial charge in [0.25, 0.3) is 5.91 Å². The Labute approximate surface area is 149 Å². The quantitative estimate of drug-likeness (QED) is 0.590. The van der Waals surface area contributed by atoms with Crippen LogP contribution in [0.1, 0.15) is 15.9 Å². The van der Waals surface area contributed by atoms with Crippen LogP contribution in [0.15, 0.2) is 65.7 Å². The van der Waals surface area contributed by atoms with E-state index in [9.17, 15) is 9.59 Å². The molecule has 0 spiro atoms. The first-order chi connectivity index (χ1) is 11.5. The lowest BCUT2D eigenvalue weighted by Gasteiger charge is -2.04. The summed E-state index contributed by atoms with van der Waals surface area (Å²) >= 11 is 3.02. The summed E-state index contributed by atoms with van der Waals surface area (Å²) in [6, 6.07) is 14.1. The van der Waals surface area contributed by atoms with Crippen molar-refractivity contribution in [3.8, 4) is 5.75 Å². The number of carbonyl (C=O) groups excluding carboxylic acids is 2. The van der Waals surface area contributed by atoms with Gasteiger partial charge < -0.3 is 10.1 Å². The number of ketones is 1. The predicted molar refractivity (Wildman–Crippen MR) is 99.5 cm³/mol. The van der Waals surface area contributed by atoms with Gasteiger partial charge in [0.05, 0.1) is 11.6 Å². The fourth-order valence-corrected chi connectivity index (χ4v) is 2.00. The summed E-state index contributed by atoms with van der Waals surface area (Å²) in [6.45, 7) is 3.51. The molecule has 0 aliphatic rings. The van der Waals surface area contributed by atoms with Gasteiger partial charge in [0, 0.05) is 11.3 Å². The average molecular weight is 386 g/mol. The molecule has 0 bridgehead atoms. The average Bonchev–Trinajstić information content (AvgIpc) is 2.60. The van der Waals surface area contributed by atoms with Crippen molar-refractivity contribution in [2.45, 2.75) is 0 Å². The third-order valence-electron chi connectivity index (χ3n) is 3.22. The molecule has 0 heterocycles. The number of rotatable bonds is 6. The van der Waals surface area contributed by atoms with Gasteiger partial charge in [0.1, 0.15) is 5.75 Å². The molecule has 1 amide bonds. The number of anilines is 1. The van der Waals surface area contributed by atoms with E-state index < -0.39 is 0 Å². The van der Waals surface area contributed by atoms with Crippen LogP contribution in [-0.4, -0.2) is 18.8 Å². The Morgan fingerprint density at radius 2 is 1.71 bits per heavy atom. The zero-order valence-corrected chi connectivity index (χ0v) is 14.7. The molecule has 0 aromatic heterocycles. The molecule has 0 radical (unpaired) electrons. The monoisotopic (exact) mass is 385 g/mol. The third-order valence-corrected chi connectivity index (χ3v) is 3.58. The summed E-state index contributed by atoms with van der Waals surface area (Å²) in [7, 11) is 1.58. The Hall–Kier alpha value is -2.66. The van der Waals surface area contributed by atoms with Gasteiger partial charge >= 0.3 is 0 Å². The highest BCUT2D eigenvalue weighted by Gasteiger charge is 2.04. The number of halogens is 1. The second kappa shape index (κ2) is 8.26. The largest absolute Gasteiger partial charge is 0.497 e. The molecule has 0 unspecified atom stereocenters. The van der Waals surface area contributed by atoms with Crippen LogP contribution in [-0.2, 0) is 4.79 Å². The molecular formula is C19H16BrNO3.